The second kappa shape index (κ2) is 8.22. The number of rotatable bonds is 6. The Kier molecular flexibility index (Phi) is 5.67. The fourth-order valence-electron chi connectivity index (χ4n) is 4.00. The van der Waals surface area contributed by atoms with Gasteiger partial charge in [-0.05, 0) is 55.2 Å². The van der Waals surface area contributed by atoms with Gasteiger partial charge in [-0.15, -0.1) is 0 Å². The Morgan fingerprint density at radius 2 is 1.41 bits per heavy atom. The number of epoxide rings is 1. The van der Waals surface area contributed by atoms with Crippen molar-refractivity contribution in [1.29, 1.82) is 0 Å². The number of hydrogen-bond acceptors (Lipinski definition) is 3. The molecule has 0 bridgehead atoms. The van der Waals surface area contributed by atoms with Gasteiger partial charge in [0.05, 0.1) is 20.3 Å². The topological polar surface area (TPSA) is 31.0 Å². The van der Waals surface area contributed by atoms with Crippen molar-refractivity contribution in [1.82, 2.24) is 0 Å². The molecule has 0 radical (unpaired) electrons. The van der Waals surface area contributed by atoms with Gasteiger partial charge in [-0.2, -0.15) is 8.78 Å². The van der Waals surface area contributed by atoms with Crippen LogP contribution in [-0.4, -0.2) is 20.3 Å². The van der Waals surface area contributed by atoms with Crippen LogP contribution in [0.15, 0.2) is 24.3 Å². The number of halogens is 4. The predicted molar refractivity (Wildman–Crippen MR) is 98.2 cm³/mol. The summed E-state index contributed by atoms with van der Waals surface area (Å²) in [6.45, 7) is 0.670. The lowest BCUT2D eigenvalue weighted by Crippen LogP contribution is -2.20. The lowest BCUT2D eigenvalue weighted by Gasteiger charge is -2.29. The van der Waals surface area contributed by atoms with E-state index in [4.69, 9.17) is 14.2 Å². The van der Waals surface area contributed by atoms with Crippen LogP contribution >= 0.6 is 0 Å². The molecule has 156 valence electrons. The van der Waals surface area contributed by atoms with Crippen LogP contribution in [0.1, 0.15) is 48.8 Å². The maximum Gasteiger partial charge on any atom is 0.204 e. The lowest BCUT2D eigenvalue weighted by molar-refractivity contribution is 0.191. The molecule has 0 N–H and O–H groups in total. The molecule has 0 aromatic heterocycles. The van der Waals surface area contributed by atoms with Crippen LogP contribution in [0.3, 0.4) is 0 Å². The Balaban J connectivity index is 1.34. The molecule has 1 aliphatic carbocycles. The highest BCUT2D eigenvalue weighted by Gasteiger charge is 2.32. The van der Waals surface area contributed by atoms with Gasteiger partial charge in [0.15, 0.2) is 23.1 Å². The molecular weight excluding hydrogens is 388 g/mol. The van der Waals surface area contributed by atoms with E-state index in [1.54, 1.807) is 12.1 Å². The van der Waals surface area contributed by atoms with Crippen LogP contribution in [0.4, 0.5) is 17.6 Å². The van der Waals surface area contributed by atoms with Gasteiger partial charge in [0.1, 0.15) is 6.10 Å². The summed E-state index contributed by atoms with van der Waals surface area (Å²) in [4.78, 5) is 0. The highest BCUT2D eigenvalue weighted by Crippen LogP contribution is 2.40. The zero-order chi connectivity index (χ0) is 20.5. The summed E-state index contributed by atoms with van der Waals surface area (Å²) in [5, 5.41) is 0. The van der Waals surface area contributed by atoms with Crippen molar-refractivity contribution in [3.8, 4) is 11.5 Å². The summed E-state index contributed by atoms with van der Waals surface area (Å²) in [6.07, 6.45) is 2.51. The summed E-state index contributed by atoms with van der Waals surface area (Å²) >= 11 is 0. The Morgan fingerprint density at radius 3 is 2.07 bits per heavy atom. The molecule has 4 rings (SSSR count). The molecule has 1 saturated carbocycles. The minimum Gasteiger partial charge on any atom is -0.494 e. The van der Waals surface area contributed by atoms with Gasteiger partial charge in [-0.1, -0.05) is 12.1 Å². The molecule has 1 unspecified atom stereocenters. The molecule has 1 saturated heterocycles. The first-order valence-corrected chi connectivity index (χ1v) is 9.73. The van der Waals surface area contributed by atoms with E-state index >= 15 is 0 Å². The number of methoxy groups -OCH3 is 1. The third kappa shape index (κ3) is 4.06. The van der Waals surface area contributed by atoms with Gasteiger partial charge in [0, 0.05) is 5.56 Å². The number of benzene rings is 2. The molecule has 2 aromatic carbocycles. The van der Waals surface area contributed by atoms with Crippen LogP contribution in [-0.2, 0) is 4.74 Å². The largest absolute Gasteiger partial charge is 0.494 e. The Bertz CT molecular complexity index is 890. The third-order valence-corrected chi connectivity index (χ3v) is 5.81. The molecule has 0 amide bonds. The minimum absolute atomic E-state index is 0.0647. The monoisotopic (exact) mass is 410 g/mol. The van der Waals surface area contributed by atoms with Crippen molar-refractivity contribution in [3.63, 3.8) is 0 Å². The molecule has 3 nitrogen and oxygen atoms in total. The van der Waals surface area contributed by atoms with Gasteiger partial charge in [0.2, 0.25) is 11.6 Å². The molecular formula is C22H22F4O3. The van der Waals surface area contributed by atoms with Gasteiger partial charge in [0.25, 0.3) is 0 Å². The lowest BCUT2D eigenvalue weighted by atomic mass is 9.78. The first-order chi connectivity index (χ1) is 14.0. The van der Waals surface area contributed by atoms with E-state index in [-0.39, 0.29) is 41.6 Å². The molecule has 0 spiro atoms. The van der Waals surface area contributed by atoms with Crippen LogP contribution in [0.5, 0.6) is 11.5 Å². The van der Waals surface area contributed by atoms with Crippen LogP contribution in [0, 0.1) is 29.2 Å². The van der Waals surface area contributed by atoms with E-state index in [0.29, 0.717) is 25.0 Å². The zero-order valence-corrected chi connectivity index (χ0v) is 16.0. The average Bonchev–Trinajstić information content (AvgIpc) is 3.57. The molecule has 7 heteroatoms. The van der Waals surface area contributed by atoms with E-state index in [0.717, 1.165) is 12.8 Å². The SMILES string of the molecule is COc1ccc(OCC2CCC(c3ccc(C4CO4)c(F)c3F)CC2)c(F)c1F. The smallest absolute Gasteiger partial charge is 0.204 e. The second-order valence-electron chi connectivity index (χ2n) is 7.62. The van der Waals surface area contributed by atoms with Crippen molar-refractivity contribution in [2.45, 2.75) is 37.7 Å². The predicted octanol–water partition coefficient (Wildman–Crippen LogP) is 5.68. The first kappa shape index (κ1) is 20.0. The fourth-order valence-corrected chi connectivity index (χ4v) is 4.00. The van der Waals surface area contributed by atoms with Gasteiger partial charge in [-0.3, -0.25) is 0 Å². The maximum atomic E-state index is 14.5. The summed E-state index contributed by atoms with van der Waals surface area (Å²) in [7, 11) is 1.26. The molecule has 29 heavy (non-hydrogen) atoms. The van der Waals surface area contributed by atoms with E-state index in [2.05, 4.69) is 0 Å². The highest BCUT2D eigenvalue weighted by molar-refractivity contribution is 5.35. The second-order valence-corrected chi connectivity index (χ2v) is 7.62. The average molecular weight is 410 g/mol. The molecule has 1 heterocycles. The van der Waals surface area contributed by atoms with Crippen LogP contribution < -0.4 is 9.47 Å². The number of hydrogen-bond donors (Lipinski definition) is 0. The van der Waals surface area contributed by atoms with E-state index < -0.39 is 23.3 Å². The molecule has 1 aliphatic heterocycles. The van der Waals surface area contributed by atoms with Crippen LogP contribution in [0.2, 0.25) is 0 Å². The normalized spacial score (nSPS) is 23.7. The quantitative estimate of drug-likeness (QED) is 0.454. The van der Waals surface area contributed by atoms with Crippen LogP contribution in [0.25, 0.3) is 0 Å². The van der Waals surface area contributed by atoms with Crippen molar-refractivity contribution in [2.24, 2.45) is 5.92 Å². The minimum atomic E-state index is -1.08. The Hall–Kier alpha value is -2.28. The molecule has 2 aliphatic rings. The summed E-state index contributed by atoms with van der Waals surface area (Å²) in [6, 6.07) is 5.93. The van der Waals surface area contributed by atoms with E-state index in [1.807, 2.05) is 0 Å². The third-order valence-electron chi connectivity index (χ3n) is 5.81. The van der Waals surface area contributed by atoms with Gasteiger partial charge >= 0.3 is 0 Å². The van der Waals surface area contributed by atoms with Crippen molar-refractivity contribution >= 4 is 0 Å². The highest BCUT2D eigenvalue weighted by atomic mass is 19.2. The summed E-state index contributed by atoms with van der Waals surface area (Å²) in [5.41, 5.74) is 0.677. The van der Waals surface area contributed by atoms with Crippen molar-refractivity contribution < 1.29 is 31.8 Å². The maximum absolute atomic E-state index is 14.5. The molecule has 2 fully saturated rings. The summed E-state index contributed by atoms with van der Waals surface area (Å²) < 4.78 is 71.8. The first-order valence-electron chi connectivity index (χ1n) is 9.73. The standard InChI is InChI=1S/C22H22F4O3/c1-27-16-8-9-17(22(26)21(16)25)28-10-12-2-4-13(5-3-12)14-6-7-15(18-11-29-18)20(24)19(14)23/h6-9,12-13,18H,2-5,10-11H2,1H3. The van der Waals surface area contributed by atoms with Gasteiger partial charge in [-0.25, -0.2) is 8.78 Å². The van der Waals surface area contributed by atoms with Crippen molar-refractivity contribution in [3.05, 3.63) is 58.7 Å². The fraction of sp³-hybridized carbons (Fsp3) is 0.455. The Labute approximate surface area is 166 Å². The van der Waals surface area contributed by atoms with Crippen molar-refractivity contribution in [2.75, 3.05) is 20.3 Å². The Morgan fingerprint density at radius 1 is 0.828 bits per heavy atom. The summed E-state index contributed by atoms with van der Waals surface area (Å²) in [5.74, 6) is -4.00. The number of ether oxygens (including phenoxy) is 3. The zero-order valence-electron chi connectivity index (χ0n) is 16.0. The van der Waals surface area contributed by atoms with E-state index in [9.17, 15) is 17.6 Å². The molecule has 1 atom stereocenters. The van der Waals surface area contributed by atoms with E-state index in [1.165, 1.54) is 19.2 Å². The molecule has 2 aromatic rings. The van der Waals surface area contributed by atoms with Gasteiger partial charge < -0.3 is 14.2 Å².